The zero-order valence-electron chi connectivity index (χ0n) is 14.6. The maximum absolute atomic E-state index is 13.2. The van der Waals surface area contributed by atoms with Crippen molar-refractivity contribution in [3.05, 3.63) is 0 Å². The van der Waals surface area contributed by atoms with Gasteiger partial charge in [0.25, 0.3) is 0 Å². The highest BCUT2D eigenvalue weighted by molar-refractivity contribution is 5.00. The van der Waals surface area contributed by atoms with Crippen LogP contribution in [0.2, 0.25) is 0 Å². The second-order valence-corrected chi connectivity index (χ2v) is 5.27. The van der Waals surface area contributed by atoms with E-state index in [1.54, 1.807) is 0 Å². The van der Waals surface area contributed by atoms with Gasteiger partial charge in [-0.3, -0.25) is 0 Å². The Hall–Kier alpha value is -0.830. The molecule has 0 atom stereocenters. The molecule has 0 aliphatic carbocycles. The fourth-order valence-corrected chi connectivity index (χ4v) is 1.59. The quantitative estimate of drug-likeness (QED) is 0.296. The number of aliphatic hydroxyl groups is 1. The smallest absolute Gasteiger partial charge is 0.394 e. The second kappa shape index (κ2) is 12.0. The minimum Gasteiger partial charge on any atom is -0.394 e. The lowest BCUT2D eigenvalue weighted by atomic mass is 10.0. The molecule has 0 heterocycles. The van der Waals surface area contributed by atoms with Crippen molar-refractivity contribution in [1.29, 1.82) is 0 Å². The summed E-state index contributed by atoms with van der Waals surface area (Å²) in [5.74, 6) is -19.2. The van der Waals surface area contributed by atoms with Gasteiger partial charge >= 0.3 is 23.9 Å². The van der Waals surface area contributed by atoms with Crippen molar-refractivity contribution in [2.24, 2.45) is 0 Å². The molecule has 5 nitrogen and oxygen atoms in total. The summed E-state index contributed by atoms with van der Waals surface area (Å²) in [5.41, 5.74) is 0. The van der Waals surface area contributed by atoms with Crippen LogP contribution in [0.15, 0.2) is 0 Å². The molecule has 0 rings (SSSR count). The first kappa shape index (κ1) is 27.2. The van der Waals surface area contributed by atoms with Gasteiger partial charge < -0.3 is 24.1 Å². The molecule has 0 fully saturated rings. The van der Waals surface area contributed by atoms with Gasteiger partial charge in [-0.1, -0.05) is 0 Å². The summed E-state index contributed by atoms with van der Waals surface area (Å²) in [5, 5.41) is 8.42. The second-order valence-electron chi connectivity index (χ2n) is 5.27. The molecule has 0 aliphatic rings. The summed E-state index contributed by atoms with van der Waals surface area (Å²) in [6.45, 7) is -1.02. The highest BCUT2D eigenvalue weighted by Gasteiger charge is 2.81. The third-order valence-corrected chi connectivity index (χ3v) is 3.12. The van der Waals surface area contributed by atoms with Crippen LogP contribution >= 0.6 is 0 Å². The van der Waals surface area contributed by atoms with Gasteiger partial charge in [0.05, 0.1) is 59.5 Å². The third kappa shape index (κ3) is 8.27. The molecular weight excluding hydrogens is 419 g/mol. The maximum atomic E-state index is 13.2. The van der Waals surface area contributed by atoms with Crippen LogP contribution < -0.4 is 0 Å². The number of hydrogen-bond acceptors (Lipinski definition) is 5. The third-order valence-electron chi connectivity index (χ3n) is 3.12. The summed E-state index contributed by atoms with van der Waals surface area (Å²) < 4.78 is 133. The van der Waals surface area contributed by atoms with Crippen molar-refractivity contribution in [1.82, 2.24) is 0 Å². The molecule has 0 saturated carbocycles. The normalized spacial score (nSPS) is 13.9. The Balaban J connectivity index is 3.96. The van der Waals surface area contributed by atoms with Crippen LogP contribution in [0.5, 0.6) is 0 Å². The van der Waals surface area contributed by atoms with Gasteiger partial charge in [0.2, 0.25) is 0 Å². The summed E-state index contributed by atoms with van der Waals surface area (Å²) in [4.78, 5) is 0. The number of hydrogen-bond donors (Lipinski definition) is 1. The molecular formula is C14H21F9O5. The van der Waals surface area contributed by atoms with E-state index in [2.05, 4.69) is 4.74 Å². The van der Waals surface area contributed by atoms with Crippen molar-refractivity contribution in [3.8, 4) is 0 Å². The van der Waals surface area contributed by atoms with E-state index in [0.29, 0.717) is 0 Å². The fourth-order valence-electron chi connectivity index (χ4n) is 1.59. The fraction of sp³-hybridized carbons (Fsp3) is 1.00. The molecule has 170 valence electrons. The molecule has 14 heteroatoms. The summed E-state index contributed by atoms with van der Waals surface area (Å²) in [6.07, 6.45) is -8.87. The molecule has 0 saturated heterocycles. The van der Waals surface area contributed by atoms with E-state index in [1.807, 2.05) is 0 Å². The molecule has 28 heavy (non-hydrogen) atoms. The first-order valence-electron chi connectivity index (χ1n) is 7.93. The first-order valence-corrected chi connectivity index (χ1v) is 7.93. The lowest BCUT2D eigenvalue weighted by Crippen LogP contribution is -2.61. The van der Waals surface area contributed by atoms with Crippen LogP contribution in [-0.4, -0.2) is 88.5 Å². The van der Waals surface area contributed by atoms with Crippen molar-refractivity contribution >= 4 is 0 Å². The molecule has 0 bridgehead atoms. The summed E-state index contributed by atoms with van der Waals surface area (Å²) in [7, 11) is 0. The molecule has 1 N–H and O–H groups in total. The van der Waals surface area contributed by atoms with Crippen molar-refractivity contribution in [2.45, 2.75) is 30.4 Å². The van der Waals surface area contributed by atoms with Gasteiger partial charge in [-0.25, -0.2) is 0 Å². The van der Waals surface area contributed by atoms with E-state index < -0.39 is 37.0 Å². The lowest BCUT2D eigenvalue weighted by molar-refractivity contribution is -0.397. The Bertz CT molecular complexity index is 418. The standard InChI is InChI=1S/C14H21F9O5/c15-11(16,12(17,18)13(19,20)14(21,22)23)1-3-25-5-7-27-9-10-28-8-6-26-4-2-24/h24H,1-10H2. The summed E-state index contributed by atoms with van der Waals surface area (Å²) in [6, 6.07) is 0. The minimum atomic E-state index is -6.89. The summed E-state index contributed by atoms with van der Waals surface area (Å²) >= 11 is 0. The van der Waals surface area contributed by atoms with E-state index in [-0.39, 0.29) is 52.9 Å². The van der Waals surface area contributed by atoms with E-state index in [0.717, 1.165) is 0 Å². The topological polar surface area (TPSA) is 57.2 Å². The van der Waals surface area contributed by atoms with Gasteiger partial charge in [-0.15, -0.1) is 0 Å². The Morgan fingerprint density at radius 1 is 0.500 bits per heavy atom. The monoisotopic (exact) mass is 440 g/mol. The largest absolute Gasteiger partial charge is 0.460 e. The molecule has 0 spiro atoms. The predicted octanol–water partition coefficient (Wildman–Crippen LogP) is 2.90. The average Bonchev–Trinajstić information content (AvgIpc) is 2.57. The van der Waals surface area contributed by atoms with Crippen LogP contribution in [0.1, 0.15) is 6.42 Å². The van der Waals surface area contributed by atoms with Gasteiger partial charge in [-0.2, -0.15) is 39.5 Å². The Labute approximate surface area is 154 Å². The van der Waals surface area contributed by atoms with Crippen molar-refractivity contribution in [3.63, 3.8) is 0 Å². The van der Waals surface area contributed by atoms with Crippen LogP contribution in [0.25, 0.3) is 0 Å². The number of alkyl halides is 9. The number of aliphatic hydroxyl groups excluding tert-OH is 1. The lowest BCUT2D eigenvalue weighted by Gasteiger charge is -2.33. The molecule has 0 aliphatic heterocycles. The number of rotatable bonds is 16. The van der Waals surface area contributed by atoms with Gasteiger partial charge in [0.15, 0.2) is 0 Å². The Morgan fingerprint density at radius 2 is 0.857 bits per heavy atom. The molecule has 0 aromatic carbocycles. The number of halogens is 9. The molecule has 0 aromatic heterocycles. The van der Waals surface area contributed by atoms with Crippen molar-refractivity contribution in [2.75, 3.05) is 59.5 Å². The van der Waals surface area contributed by atoms with E-state index >= 15 is 0 Å². The molecule has 0 aromatic rings. The first-order chi connectivity index (χ1) is 12.8. The zero-order chi connectivity index (χ0) is 21.9. The van der Waals surface area contributed by atoms with Crippen molar-refractivity contribution < 1.29 is 63.6 Å². The maximum Gasteiger partial charge on any atom is 0.460 e. The van der Waals surface area contributed by atoms with Gasteiger partial charge in [0, 0.05) is 6.42 Å². The average molecular weight is 440 g/mol. The van der Waals surface area contributed by atoms with Crippen LogP contribution in [-0.2, 0) is 18.9 Å². The molecule has 0 amide bonds. The van der Waals surface area contributed by atoms with E-state index in [4.69, 9.17) is 19.3 Å². The molecule has 0 unspecified atom stereocenters. The zero-order valence-corrected chi connectivity index (χ0v) is 14.6. The highest BCUT2D eigenvalue weighted by Crippen LogP contribution is 2.53. The van der Waals surface area contributed by atoms with Crippen LogP contribution in [0, 0.1) is 0 Å². The SMILES string of the molecule is OCCOCCOCCOCCOCCC(F)(F)C(F)(F)C(F)(F)C(F)(F)F. The molecule has 0 radical (unpaired) electrons. The minimum absolute atomic E-state index is 0.0649. The van der Waals surface area contributed by atoms with Crippen LogP contribution in [0.3, 0.4) is 0 Å². The Kier molecular flexibility index (Phi) is 11.6. The van der Waals surface area contributed by atoms with E-state index in [1.165, 1.54) is 0 Å². The van der Waals surface area contributed by atoms with Crippen LogP contribution in [0.4, 0.5) is 39.5 Å². The Morgan fingerprint density at radius 3 is 1.21 bits per heavy atom. The van der Waals surface area contributed by atoms with E-state index in [9.17, 15) is 39.5 Å². The predicted molar refractivity (Wildman–Crippen MR) is 75.9 cm³/mol. The van der Waals surface area contributed by atoms with Gasteiger partial charge in [0.1, 0.15) is 0 Å². The number of ether oxygens (including phenoxy) is 4. The highest BCUT2D eigenvalue weighted by atomic mass is 19.4. The van der Waals surface area contributed by atoms with Gasteiger partial charge in [-0.05, 0) is 0 Å².